The molecule has 3 aliphatic rings. The van der Waals surface area contributed by atoms with Crippen molar-refractivity contribution in [3.63, 3.8) is 0 Å². The van der Waals surface area contributed by atoms with Crippen molar-refractivity contribution < 1.29 is 56.3 Å². The van der Waals surface area contributed by atoms with Gasteiger partial charge in [-0.15, -0.1) is 0 Å². The van der Waals surface area contributed by atoms with Crippen LogP contribution in [0.1, 0.15) is 20.8 Å². The molecule has 0 saturated carbocycles. The van der Waals surface area contributed by atoms with Gasteiger partial charge in [0.15, 0.2) is 0 Å². The van der Waals surface area contributed by atoms with Crippen molar-refractivity contribution in [2.24, 2.45) is 5.92 Å². The minimum absolute atomic E-state index is 0.0242. The van der Waals surface area contributed by atoms with Crippen molar-refractivity contribution in [3.05, 3.63) is 0 Å². The molecule has 0 spiro atoms. The Hall–Kier alpha value is 0.0600. The number of phosphoric ester groups is 2. The Morgan fingerprint density at radius 2 is 1.66 bits per heavy atom. The van der Waals surface area contributed by atoms with Crippen LogP contribution in [0.5, 0.6) is 0 Å². The van der Waals surface area contributed by atoms with Crippen LogP contribution in [0.2, 0.25) is 0 Å². The third-order valence-corrected chi connectivity index (χ3v) is 7.04. The highest BCUT2D eigenvalue weighted by atomic mass is 31.2. The summed E-state index contributed by atoms with van der Waals surface area (Å²) in [5.41, 5.74) is 0. The zero-order valence-electron chi connectivity index (χ0n) is 16.4. The summed E-state index contributed by atoms with van der Waals surface area (Å²) < 4.78 is 60.1. The maximum atomic E-state index is 12.3. The van der Waals surface area contributed by atoms with Gasteiger partial charge in [-0.25, -0.2) is 9.13 Å². The van der Waals surface area contributed by atoms with E-state index in [9.17, 15) is 24.0 Å². The minimum Gasteiger partial charge on any atom is -0.388 e. The fourth-order valence-corrected chi connectivity index (χ4v) is 5.52. The van der Waals surface area contributed by atoms with E-state index in [4.69, 9.17) is 32.3 Å². The summed E-state index contributed by atoms with van der Waals surface area (Å²) in [6.45, 7) is 4.52. The molecule has 29 heavy (non-hydrogen) atoms. The first-order valence-corrected chi connectivity index (χ1v) is 12.3. The lowest BCUT2D eigenvalue weighted by Crippen LogP contribution is -2.49. The van der Waals surface area contributed by atoms with E-state index in [1.807, 2.05) is 6.92 Å². The van der Waals surface area contributed by atoms with Crippen LogP contribution in [-0.2, 0) is 41.4 Å². The molecule has 0 amide bonds. The Kier molecular flexibility index (Phi) is 7.59. The molecule has 14 heteroatoms. The first-order chi connectivity index (χ1) is 13.5. The standard InChI is InChI=1S/C15H28O12P2/c1-8(2)26-28(17,18)24-7-13-15(10(16)4-21-13)27-29(19,20)23-6-11-14-9(3)25-12(14)5-22-11/h8-16H,4-7H2,1-3H3,(H,17,18)(H,19,20)/t9-,10+,11-,12+,13-,14?,15?/m1/s1. The van der Waals surface area contributed by atoms with Crippen LogP contribution in [0.3, 0.4) is 0 Å². The van der Waals surface area contributed by atoms with Crippen LogP contribution < -0.4 is 0 Å². The topological polar surface area (TPSA) is 159 Å². The molecule has 4 unspecified atom stereocenters. The third kappa shape index (κ3) is 6.06. The van der Waals surface area contributed by atoms with Gasteiger partial charge < -0.3 is 29.1 Å². The molecule has 3 rings (SSSR count). The lowest BCUT2D eigenvalue weighted by atomic mass is 9.88. The van der Waals surface area contributed by atoms with E-state index in [1.165, 1.54) is 0 Å². The number of phosphoric acid groups is 2. The zero-order valence-corrected chi connectivity index (χ0v) is 18.1. The molecule has 3 aliphatic heterocycles. The number of aliphatic hydroxyl groups excluding tert-OH is 1. The van der Waals surface area contributed by atoms with Crippen molar-refractivity contribution in [1.82, 2.24) is 0 Å². The van der Waals surface area contributed by atoms with E-state index in [1.54, 1.807) is 13.8 Å². The SMILES string of the molecule is CC(C)OP(=O)(O)OC[C@H]1OC[C@H](O)C1OP(=O)(O)OC[C@H]1OC[C@@H]2O[C@H](C)C21. The smallest absolute Gasteiger partial charge is 0.388 e. The summed E-state index contributed by atoms with van der Waals surface area (Å²) in [4.78, 5) is 19.6. The Balaban J connectivity index is 1.50. The molecule has 0 aromatic heterocycles. The average molecular weight is 462 g/mol. The molecule has 170 valence electrons. The van der Waals surface area contributed by atoms with Crippen LogP contribution in [0.25, 0.3) is 0 Å². The van der Waals surface area contributed by atoms with Gasteiger partial charge in [0.2, 0.25) is 0 Å². The summed E-state index contributed by atoms with van der Waals surface area (Å²) >= 11 is 0. The van der Waals surface area contributed by atoms with Gasteiger partial charge in [0, 0.05) is 5.92 Å². The van der Waals surface area contributed by atoms with Gasteiger partial charge in [0.25, 0.3) is 0 Å². The minimum atomic E-state index is -4.58. The number of fused-ring (bicyclic) bond motifs is 1. The van der Waals surface area contributed by atoms with E-state index in [0.29, 0.717) is 6.61 Å². The first-order valence-electron chi connectivity index (χ1n) is 9.35. The first kappa shape index (κ1) is 23.7. The van der Waals surface area contributed by atoms with Crippen LogP contribution in [0.4, 0.5) is 0 Å². The Labute approximate surface area is 168 Å². The number of rotatable bonds is 10. The van der Waals surface area contributed by atoms with Crippen LogP contribution in [0, 0.1) is 5.92 Å². The van der Waals surface area contributed by atoms with Crippen molar-refractivity contribution >= 4 is 15.6 Å². The van der Waals surface area contributed by atoms with Crippen LogP contribution >= 0.6 is 15.6 Å². The molecule has 3 saturated heterocycles. The lowest BCUT2D eigenvalue weighted by molar-refractivity contribution is -0.159. The molecule has 0 aromatic rings. The second kappa shape index (κ2) is 9.28. The van der Waals surface area contributed by atoms with Gasteiger partial charge in [-0.2, -0.15) is 0 Å². The maximum Gasteiger partial charge on any atom is 0.472 e. The summed E-state index contributed by atoms with van der Waals surface area (Å²) in [6.07, 6.45) is -4.63. The molecule has 3 heterocycles. The van der Waals surface area contributed by atoms with Gasteiger partial charge in [0.1, 0.15) is 18.3 Å². The number of aliphatic hydroxyl groups is 1. The largest absolute Gasteiger partial charge is 0.472 e. The molecule has 3 N–H and O–H groups in total. The Morgan fingerprint density at radius 1 is 1.03 bits per heavy atom. The van der Waals surface area contributed by atoms with Crippen molar-refractivity contribution in [1.29, 1.82) is 0 Å². The van der Waals surface area contributed by atoms with Crippen molar-refractivity contribution in [2.45, 2.75) is 63.5 Å². The molecule has 12 nitrogen and oxygen atoms in total. The molecule has 9 atom stereocenters. The lowest BCUT2D eigenvalue weighted by Gasteiger charge is -2.39. The Morgan fingerprint density at radius 3 is 2.31 bits per heavy atom. The highest BCUT2D eigenvalue weighted by Gasteiger charge is 2.51. The van der Waals surface area contributed by atoms with E-state index in [0.717, 1.165) is 0 Å². The molecular weight excluding hydrogens is 434 g/mol. The van der Waals surface area contributed by atoms with Gasteiger partial charge in [-0.1, -0.05) is 0 Å². The molecule has 0 bridgehead atoms. The second-order valence-electron chi connectivity index (χ2n) is 7.52. The molecule has 3 fully saturated rings. The normalized spacial score (nSPS) is 41.0. The summed E-state index contributed by atoms with van der Waals surface area (Å²) in [6, 6.07) is 0. The molecule has 0 aromatic carbocycles. The fraction of sp³-hybridized carbons (Fsp3) is 1.00. The fourth-order valence-electron chi connectivity index (χ4n) is 3.61. The zero-order chi connectivity index (χ0) is 21.4. The number of hydrogen-bond donors (Lipinski definition) is 3. The van der Waals surface area contributed by atoms with Crippen LogP contribution in [-0.4, -0.2) is 84.0 Å². The quantitative estimate of drug-likeness (QED) is 0.389. The summed E-state index contributed by atoms with van der Waals surface area (Å²) in [5, 5.41) is 10.0. The number of ether oxygens (including phenoxy) is 3. The predicted octanol–water partition coefficient (Wildman–Crippen LogP) is 0.593. The van der Waals surface area contributed by atoms with Gasteiger partial charge in [0.05, 0.1) is 50.8 Å². The highest BCUT2D eigenvalue weighted by molar-refractivity contribution is 7.47. The summed E-state index contributed by atoms with van der Waals surface area (Å²) in [5.74, 6) is 0.0798. The van der Waals surface area contributed by atoms with E-state index < -0.39 is 52.8 Å². The molecule has 0 radical (unpaired) electrons. The van der Waals surface area contributed by atoms with E-state index in [-0.39, 0.29) is 31.3 Å². The molecular formula is C15H28O12P2. The van der Waals surface area contributed by atoms with Gasteiger partial charge in [-0.05, 0) is 20.8 Å². The number of hydrogen-bond acceptors (Lipinski definition) is 10. The summed E-state index contributed by atoms with van der Waals surface area (Å²) in [7, 11) is -8.92. The van der Waals surface area contributed by atoms with Gasteiger partial charge in [-0.3, -0.25) is 18.1 Å². The van der Waals surface area contributed by atoms with Gasteiger partial charge >= 0.3 is 15.6 Å². The Bertz CT molecular complexity index is 659. The third-order valence-electron chi connectivity index (χ3n) is 4.89. The second-order valence-corrected chi connectivity index (χ2v) is 10.3. The predicted molar refractivity (Wildman–Crippen MR) is 96.0 cm³/mol. The average Bonchev–Trinajstić information content (AvgIpc) is 3.10. The maximum absolute atomic E-state index is 12.3. The van der Waals surface area contributed by atoms with Crippen molar-refractivity contribution in [3.8, 4) is 0 Å². The van der Waals surface area contributed by atoms with Crippen molar-refractivity contribution in [2.75, 3.05) is 26.4 Å². The monoisotopic (exact) mass is 462 g/mol. The highest BCUT2D eigenvalue weighted by Crippen LogP contribution is 2.49. The molecule has 0 aliphatic carbocycles. The van der Waals surface area contributed by atoms with E-state index in [2.05, 4.69) is 0 Å². The van der Waals surface area contributed by atoms with E-state index >= 15 is 0 Å². The van der Waals surface area contributed by atoms with Crippen LogP contribution in [0.15, 0.2) is 0 Å².